The van der Waals surface area contributed by atoms with Crippen LogP contribution in [-0.2, 0) is 4.79 Å². The topological polar surface area (TPSA) is 57.3 Å². The average Bonchev–Trinajstić information content (AvgIpc) is 3.30. The van der Waals surface area contributed by atoms with Crippen molar-refractivity contribution in [3.63, 3.8) is 0 Å². The maximum absolute atomic E-state index is 13.0. The molecule has 1 amide bonds. The summed E-state index contributed by atoms with van der Waals surface area (Å²) < 4.78 is 0. The van der Waals surface area contributed by atoms with Crippen LogP contribution in [0.1, 0.15) is 43.6 Å². The highest BCUT2D eigenvalue weighted by atomic mass is 16.2. The first-order chi connectivity index (χ1) is 11.3. The predicted molar refractivity (Wildman–Crippen MR) is 86.4 cm³/mol. The SMILES string of the molecule is O=C1C2CNNC2C2CCC(c3ccncc3)CC2N1C1CC1. The van der Waals surface area contributed by atoms with Gasteiger partial charge in [-0.1, -0.05) is 0 Å². The van der Waals surface area contributed by atoms with Gasteiger partial charge in [0, 0.05) is 37.1 Å². The minimum absolute atomic E-state index is 0.148. The molecule has 5 unspecified atom stereocenters. The lowest BCUT2D eigenvalue weighted by Gasteiger charge is -2.50. The van der Waals surface area contributed by atoms with Crippen LogP contribution in [0.3, 0.4) is 0 Å². The van der Waals surface area contributed by atoms with E-state index in [2.05, 4.69) is 32.9 Å². The van der Waals surface area contributed by atoms with Crippen molar-refractivity contribution < 1.29 is 4.79 Å². The molecule has 4 aliphatic rings. The molecule has 4 fully saturated rings. The second-order valence-electron chi connectivity index (χ2n) is 7.66. The number of nitrogens with zero attached hydrogens (tertiary/aromatic N) is 2. The van der Waals surface area contributed by atoms with Gasteiger partial charge in [-0.3, -0.25) is 20.6 Å². The van der Waals surface area contributed by atoms with Crippen molar-refractivity contribution in [1.82, 2.24) is 20.7 Å². The number of pyridine rings is 1. The zero-order chi connectivity index (χ0) is 15.4. The Morgan fingerprint density at radius 1 is 1.13 bits per heavy atom. The molecule has 5 nitrogen and oxygen atoms in total. The third-order valence-electron chi connectivity index (χ3n) is 6.40. The molecule has 1 aromatic heterocycles. The molecule has 1 aromatic rings. The molecule has 0 spiro atoms. The van der Waals surface area contributed by atoms with E-state index >= 15 is 0 Å². The van der Waals surface area contributed by atoms with Crippen molar-refractivity contribution in [3.05, 3.63) is 30.1 Å². The van der Waals surface area contributed by atoms with Crippen molar-refractivity contribution in [1.29, 1.82) is 0 Å². The molecule has 5 atom stereocenters. The predicted octanol–water partition coefficient (Wildman–Crippen LogP) is 1.43. The van der Waals surface area contributed by atoms with Gasteiger partial charge in [0.05, 0.1) is 5.92 Å². The van der Waals surface area contributed by atoms with E-state index in [1.807, 2.05) is 12.4 Å². The Balaban J connectivity index is 1.45. The number of hydrazine groups is 1. The van der Waals surface area contributed by atoms with Crippen LogP contribution < -0.4 is 10.9 Å². The van der Waals surface area contributed by atoms with Crippen LogP contribution in [0.5, 0.6) is 0 Å². The first-order valence-corrected chi connectivity index (χ1v) is 9.03. The molecule has 122 valence electrons. The normalized spacial score (nSPS) is 39.9. The second-order valence-corrected chi connectivity index (χ2v) is 7.66. The van der Waals surface area contributed by atoms with Crippen molar-refractivity contribution in [3.8, 4) is 0 Å². The molecule has 0 aromatic carbocycles. The Morgan fingerprint density at radius 2 is 1.96 bits per heavy atom. The lowest BCUT2D eigenvalue weighted by molar-refractivity contribution is -0.147. The number of carbonyl (C=O) groups is 1. The minimum Gasteiger partial charge on any atom is -0.336 e. The van der Waals surface area contributed by atoms with Gasteiger partial charge in [0.1, 0.15) is 0 Å². The number of aromatic nitrogens is 1. The Bertz CT molecular complexity index is 602. The molecule has 5 heteroatoms. The number of carbonyl (C=O) groups excluding carboxylic acids is 1. The van der Waals surface area contributed by atoms with Gasteiger partial charge in [0.15, 0.2) is 0 Å². The maximum atomic E-state index is 13.0. The highest BCUT2D eigenvalue weighted by Crippen LogP contribution is 2.47. The molecule has 2 N–H and O–H groups in total. The molecule has 0 radical (unpaired) electrons. The largest absolute Gasteiger partial charge is 0.336 e. The fraction of sp³-hybridized carbons (Fsp3) is 0.667. The van der Waals surface area contributed by atoms with Crippen molar-refractivity contribution >= 4 is 5.91 Å². The van der Waals surface area contributed by atoms with E-state index in [4.69, 9.17) is 0 Å². The summed E-state index contributed by atoms with van der Waals surface area (Å²) in [5, 5.41) is 0. The van der Waals surface area contributed by atoms with Crippen molar-refractivity contribution in [2.45, 2.75) is 56.1 Å². The number of hydrogen-bond donors (Lipinski definition) is 2. The van der Waals surface area contributed by atoms with Crippen LogP contribution in [-0.4, -0.2) is 40.5 Å². The van der Waals surface area contributed by atoms with Gasteiger partial charge in [-0.15, -0.1) is 0 Å². The highest BCUT2D eigenvalue weighted by Gasteiger charge is 2.55. The Hall–Kier alpha value is -1.46. The summed E-state index contributed by atoms with van der Waals surface area (Å²) in [6, 6.07) is 5.56. The second kappa shape index (κ2) is 5.28. The van der Waals surface area contributed by atoms with E-state index in [0.717, 1.165) is 13.0 Å². The third kappa shape index (κ3) is 2.21. The fourth-order valence-electron chi connectivity index (χ4n) is 5.17. The smallest absolute Gasteiger partial charge is 0.229 e. The van der Waals surface area contributed by atoms with E-state index in [1.54, 1.807) is 0 Å². The summed E-state index contributed by atoms with van der Waals surface area (Å²) in [4.78, 5) is 19.5. The quantitative estimate of drug-likeness (QED) is 0.867. The Kier molecular flexibility index (Phi) is 3.20. The fourth-order valence-corrected chi connectivity index (χ4v) is 5.17. The summed E-state index contributed by atoms with van der Waals surface area (Å²) in [6.07, 6.45) is 9.74. The van der Waals surface area contributed by atoms with E-state index in [-0.39, 0.29) is 5.92 Å². The van der Waals surface area contributed by atoms with Crippen LogP contribution >= 0.6 is 0 Å². The first kappa shape index (κ1) is 13.9. The molecule has 0 bridgehead atoms. The van der Waals surface area contributed by atoms with Crippen LogP contribution in [0.25, 0.3) is 0 Å². The van der Waals surface area contributed by atoms with E-state index < -0.39 is 0 Å². The monoisotopic (exact) mass is 312 g/mol. The molecule has 2 saturated heterocycles. The summed E-state index contributed by atoms with van der Waals surface area (Å²) in [7, 11) is 0. The number of fused-ring (bicyclic) bond motifs is 3. The molecular formula is C18H24N4O. The van der Waals surface area contributed by atoms with Gasteiger partial charge < -0.3 is 4.90 Å². The standard InChI is InChI=1S/C18H24N4O/c23-18-15-10-20-21-17(15)14-4-1-12(11-5-7-19-8-6-11)9-16(14)22(18)13-2-3-13/h5-8,12-17,20-21H,1-4,9-10H2. The van der Waals surface area contributed by atoms with Crippen LogP contribution in [0.4, 0.5) is 0 Å². The average molecular weight is 312 g/mol. The number of hydrogen-bond acceptors (Lipinski definition) is 4. The molecule has 5 rings (SSSR count). The summed E-state index contributed by atoms with van der Waals surface area (Å²) in [5.41, 5.74) is 8.05. The van der Waals surface area contributed by atoms with Gasteiger partial charge in [-0.05, 0) is 61.6 Å². The van der Waals surface area contributed by atoms with Crippen LogP contribution in [0.2, 0.25) is 0 Å². The lowest BCUT2D eigenvalue weighted by Crippen LogP contribution is -2.62. The molecule has 2 aliphatic heterocycles. The van der Waals surface area contributed by atoms with Crippen LogP contribution in [0, 0.1) is 11.8 Å². The van der Waals surface area contributed by atoms with Crippen LogP contribution in [0.15, 0.2) is 24.5 Å². The first-order valence-electron chi connectivity index (χ1n) is 9.03. The van der Waals surface area contributed by atoms with Crippen molar-refractivity contribution in [2.24, 2.45) is 11.8 Å². The molecule has 2 saturated carbocycles. The van der Waals surface area contributed by atoms with Gasteiger partial charge in [-0.2, -0.15) is 0 Å². The van der Waals surface area contributed by atoms with Gasteiger partial charge in [-0.25, -0.2) is 0 Å². The summed E-state index contributed by atoms with van der Waals surface area (Å²) >= 11 is 0. The lowest BCUT2D eigenvalue weighted by atomic mass is 9.67. The Morgan fingerprint density at radius 3 is 2.74 bits per heavy atom. The molecule has 3 heterocycles. The van der Waals surface area contributed by atoms with Gasteiger partial charge in [0.25, 0.3) is 0 Å². The summed E-state index contributed by atoms with van der Waals surface area (Å²) in [6.45, 7) is 0.795. The van der Waals surface area contributed by atoms with E-state index in [9.17, 15) is 4.79 Å². The maximum Gasteiger partial charge on any atom is 0.229 e. The number of amides is 1. The van der Waals surface area contributed by atoms with Crippen molar-refractivity contribution in [2.75, 3.05) is 6.54 Å². The van der Waals surface area contributed by atoms with E-state index in [0.29, 0.717) is 35.9 Å². The summed E-state index contributed by atoms with van der Waals surface area (Å²) in [5.74, 6) is 1.71. The number of nitrogens with one attached hydrogen (secondary N) is 2. The highest BCUT2D eigenvalue weighted by molar-refractivity contribution is 5.82. The third-order valence-corrected chi connectivity index (χ3v) is 6.40. The molecule has 23 heavy (non-hydrogen) atoms. The molecular weight excluding hydrogens is 288 g/mol. The van der Waals surface area contributed by atoms with E-state index in [1.165, 1.54) is 31.2 Å². The van der Waals surface area contributed by atoms with Gasteiger partial charge >= 0.3 is 0 Å². The molecule has 2 aliphatic carbocycles. The minimum atomic E-state index is 0.148. The zero-order valence-electron chi connectivity index (χ0n) is 13.3. The number of piperidine rings is 1. The number of rotatable bonds is 2. The zero-order valence-corrected chi connectivity index (χ0v) is 13.3. The number of likely N-dealkylation sites (tertiary alicyclic amines) is 1. The Labute approximate surface area is 136 Å². The van der Waals surface area contributed by atoms with Gasteiger partial charge in [0.2, 0.25) is 5.91 Å².